The fourth-order valence-corrected chi connectivity index (χ4v) is 2.91. The van der Waals surface area contributed by atoms with Crippen LogP contribution in [-0.4, -0.2) is 36.5 Å². The molecule has 0 aromatic heterocycles. The molecule has 2 rings (SSSR count). The van der Waals surface area contributed by atoms with Gasteiger partial charge in [0, 0.05) is 24.8 Å². The fraction of sp³-hybridized carbons (Fsp3) is 0.562. The second-order valence-corrected chi connectivity index (χ2v) is 5.56. The summed E-state index contributed by atoms with van der Waals surface area (Å²) < 4.78 is 0. The molecule has 0 aliphatic heterocycles. The van der Waals surface area contributed by atoms with Gasteiger partial charge >= 0.3 is 0 Å². The molecule has 0 radical (unpaired) electrons. The van der Waals surface area contributed by atoms with Gasteiger partial charge < -0.3 is 11.1 Å². The molecule has 20 heavy (non-hydrogen) atoms. The Labute approximate surface area is 121 Å². The van der Waals surface area contributed by atoms with Crippen LogP contribution in [0.25, 0.3) is 0 Å². The zero-order valence-electron chi connectivity index (χ0n) is 12.3. The van der Waals surface area contributed by atoms with Crippen LogP contribution in [0.1, 0.15) is 31.2 Å². The summed E-state index contributed by atoms with van der Waals surface area (Å²) in [5, 5.41) is 3.00. The van der Waals surface area contributed by atoms with Gasteiger partial charge in [-0.1, -0.05) is 31.0 Å². The number of para-hydroxylation sites is 1. The number of hydrogen-bond acceptors (Lipinski definition) is 3. The summed E-state index contributed by atoms with van der Waals surface area (Å²) in [6, 6.07) is 8.39. The normalized spacial score (nSPS) is 15.8. The number of hydrogen-bond donors (Lipinski definition) is 2. The lowest BCUT2D eigenvalue weighted by atomic mass is 10.2. The minimum absolute atomic E-state index is 0.0552. The largest absolute Gasteiger partial charge is 0.329 e. The quantitative estimate of drug-likeness (QED) is 0.836. The van der Waals surface area contributed by atoms with E-state index in [9.17, 15) is 4.79 Å². The van der Waals surface area contributed by atoms with Crippen molar-refractivity contribution in [3.8, 4) is 0 Å². The maximum absolute atomic E-state index is 12.2. The van der Waals surface area contributed by atoms with E-state index < -0.39 is 0 Å². The Morgan fingerprint density at radius 3 is 2.70 bits per heavy atom. The van der Waals surface area contributed by atoms with Gasteiger partial charge in [-0.05, 0) is 31.4 Å². The van der Waals surface area contributed by atoms with Crippen molar-refractivity contribution in [1.29, 1.82) is 0 Å². The molecular formula is C16H25N3O. The predicted octanol–water partition coefficient (Wildman–Crippen LogP) is 2.14. The zero-order valence-corrected chi connectivity index (χ0v) is 12.3. The number of nitrogens with one attached hydrogen (secondary N) is 1. The number of carbonyl (C=O) groups is 1. The molecule has 0 spiro atoms. The van der Waals surface area contributed by atoms with Gasteiger partial charge in [0.15, 0.2) is 0 Å². The van der Waals surface area contributed by atoms with Crippen LogP contribution in [0.4, 0.5) is 5.69 Å². The topological polar surface area (TPSA) is 58.4 Å². The van der Waals surface area contributed by atoms with E-state index in [1.165, 1.54) is 25.7 Å². The predicted molar refractivity (Wildman–Crippen MR) is 82.7 cm³/mol. The molecule has 1 aliphatic carbocycles. The molecule has 4 heteroatoms. The molecule has 4 nitrogen and oxygen atoms in total. The standard InChI is InChI=1S/C16H25N3O/c1-13-6-2-5-9-15(13)18-16(20)12-19(11-10-17)14-7-3-4-8-14/h2,5-6,9,14H,3-4,7-8,10-12,17H2,1H3,(H,18,20). The average Bonchev–Trinajstić information content (AvgIpc) is 2.95. The summed E-state index contributed by atoms with van der Waals surface area (Å²) in [5.41, 5.74) is 7.67. The van der Waals surface area contributed by atoms with Crippen molar-refractivity contribution >= 4 is 11.6 Å². The minimum atomic E-state index is 0.0552. The summed E-state index contributed by atoms with van der Waals surface area (Å²) >= 11 is 0. The second-order valence-electron chi connectivity index (χ2n) is 5.56. The summed E-state index contributed by atoms with van der Waals surface area (Å²) in [4.78, 5) is 14.4. The number of benzene rings is 1. The van der Waals surface area contributed by atoms with Crippen LogP contribution in [0.5, 0.6) is 0 Å². The van der Waals surface area contributed by atoms with E-state index in [0.29, 0.717) is 19.1 Å². The van der Waals surface area contributed by atoms with Gasteiger partial charge in [0.05, 0.1) is 6.54 Å². The van der Waals surface area contributed by atoms with Crippen LogP contribution in [0.3, 0.4) is 0 Å². The van der Waals surface area contributed by atoms with Crippen molar-refractivity contribution in [2.75, 3.05) is 25.0 Å². The molecule has 1 amide bonds. The number of nitrogens with zero attached hydrogens (tertiary/aromatic N) is 1. The second kappa shape index (κ2) is 7.41. The van der Waals surface area contributed by atoms with Gasteiger partial charge in [0.1, 0.15) is 0 Å². The van der Waals surface area contributed by atoms with Gasteiger partial charge in [0.2, 0.25) is 5.91 Å². The number of nitrogens with two attached hydrogens (primary N) is 1. The summed E-state index contributed by atoms with van der Waals surface area (Å²) in [5.74, 6) is 0.0552. The zero-order chi connectivity index (χ0) is 14.4. The van der Waals surface area contributed by atoms with Crippen LogP contribution in [0, 0.1) is 6.92 Å². The van der Waals surface area contributed by atoms with Crippen molar-refractivity contribution in [3.05, 3.63) is 29.8 Å². The van der Waals surface area contributed by atoms with Crippen LogP contribution in [0.2, 0.25) is 0 Å². The molecule has 0 atom stereocenters. The highest BCUT2D eigenvalue weighted by molar-refractivity contribution is 5.92. The summed E-state index contributed by atoms with van der Waals surface area (Å²) in [7, 11) is 0. The number of anilines is 1. The summed E-state index contributed by atoms with van der Waals surface area (Å²) in [6.07, 6.45) is 4.92. The Morgan fingerprint density at radius 1 is 1.35 bits per heavy atom. The van der Waals surface area contributed by atoms with E-state index in [0.717, 1.165) is 17.8 Å². The first-order valence-electron chi connectivity index (χ1n) is 7.50. The van der Waals surface area contributed by atoms with Crippen molar-refractivity contribution in [2.45, 2.75) is 38.6 Å². The molecule has 0 bridgehead atoms. The highest BCUT2D eigenvalue weighted by atomic mass is 16.2. The lowest BCUT2D eigenvalue weighted by Crippen LogP contribution is -2.42. The molecule has 1 aromatic rings. The maximum atomic E-state index is 12.2. The van der Waals surface area contributed by atoms with Gasteiger partial charge in [-0.3, -0.25) is 9.69 Å². The van der Waals surface area contributed by atoms with Crippen LogP contribution >= 0.6 is 0 Å². The average molecular weight is 275 g/mol. The number of amides is 1. The molecule has 1 fully saturated rings. The Morgan fingerprint density at radius 2 is 2.05 bits per heavy atom. The lowest BCUT2D eigenvalue weighted by Gasteiger charge is -2.27. The van der Waals surface area contributed by atoms with Crippen molar-refractivity contribution in [2.24, 2.45) is 5.73 Å². The molecule has 3 N–H and O–H groups in total. The highest BCUT2D eigenvalue weighted by Crippen LogP contribution is 2.23. The van der Waals surface area contributed by atoms with E-state index >= 15 is 0 Å². The van der Waals surface area contributed by atoms with E-state index in [1.807, 2.05) is 31.2 Å². The van der Waals surface area contributed by atoms with Gasteiger partial charge in [-0.25, -0.2) is 0 Å². The van der Waals surface area contributed by atoms with Gasteiger partial charge in [0.25, 0.3) is 0 Å². The Hall–Kier alpha value is -1.39. The first kappa shape index (κ1) is 15.0. The van der Waals surface area contributed by atoms with Crippen molar-refractivity contribution in [3.63, 3.8) is 0 Å². The Balaban J connectivity index is 1.92. The molecular weight excluding hydrogens is 250 g/mol. The van der Waals surface area contributed by atoms with Crippen LogP contribution < -0.4 is 11.1 Å². The number of carbonyl (C=O) groups excluding carboxylic acids is 1. The minimum Gasteiger partial charge on any atom is -0.329 e. The smallest absolute Gasteiger partial charge is 0.238 e. The maximum Gasteiger partial charge on any atom is 0.238 e. The number of rotatable bonds is 6. The molecule has 1 saturated carbocycles. The van der Waals surface area contributed by atoms with E-state index in [4.69, 9.17) is 5.73 Å². The van der Waals surface area contributed by atoms with Crippen molar-refractivity contribution < 1.29 is 4.79 Å². The van der Waals surface area contributed by atoms with E-state index in [-0.39, 0.29) is 5.91 Å². The first-order valence-corrected chi connectivity index (χ1v) is 7.50. The third kappa shape index (κ3) is 4.05. The number of aryl methyl sites for hydroxylation is 1. The van der Waals surface area contributed by atoms with Gasteiger partial charge in [-0.15, -0.1) is 0 Å². The molecule has 0 unspecified atom stereocenters. The van der Waals surface area contributed by atoms with Gasteiger partial charge in [-0.2, -0.15) is 0 Å². The lowest BCUT2D eigenvalue weighted by molar-refractivity contribution is -0.117. The third-order valence-electron chi connectivity index (χ3n) is 4.02. The van der Waals surface area contributed by atoms with Crippen LogP contribution in [-0.2, 0) is 4.79 Å². The monoisotopic (exact) mass is 275 g/mol. The van der Waals surface area contributed by atoms with E-state index in [1.54, 1.807) is 0 Å². The molecule has 0 saturated heterocycles. The SMILES string of the molecule is Cc1ccccc1NC(=O)CN(CCN)C1CCCC1. The fourth-order valence-electron chi connectivity index (χ4n) is 2.91. The highest BCUT2D eigenvalue weighted by Gasteiger charge is 2.23. The Bertz CT molecular complexity index is 441. The van der Waals surface area contributed by atoms with E-state index in [2.05, 4.69) is 10.2 Å². The summed E-state index contributed by atoms with van der Waals surface area (Å²) in [6.45, 7) is 3.85. The Kier molecular flexibility index (Phi) is 5.56. The van der Waals surface area contributed by atoms with Crippen molar-refractivity contribution in [1.82, 2.24) is 4.90 Å². The molecule has 0 heterocycles. The first-order chi connectivity index (χ1) is 9.70. The molecule has 1 aliphatic rings. The third-order valence-corrected chi connectivity index (χ3v) is 4.02. The molecule has 110 valence electrons. The molecule has 1 aromatic carbocycles. The van der Waals surface area contributed by atoms with Crippen LogP contribution in [0.15, 0.2) is 24.3 Å².